The Morgan fingerprint density at radius 2 is 1.85 bits per heavy atom. The number of carbonyl (C=O) groups is 1. The summed E-state index contributed by atoms with van der Waals surface area (Å²) in [6.07, 6.45) is 1.12. The molecule has 20 heavy (non-hydrogen) atoms. The second kappa shape index (κ2) is 6.33. The molecule has 1 aromatic carbocycles. The van der Waals surface area contributed by atoms with Gasteiger partial charge in [0, 0.05) is 24.3 Å². The maximum atomic E-state index is 13.1. The molecule has 0 unspecified atom stereocenters. The third-order valence-corrected chi connectivity index (χ3v) is 3.70. The average Bonchev–Trinajstić information content (AvgIpc) is 2.45. The standard InChI is InChI=1S/C16H20F2O2/c1-2-11-20-14-5-3-12(4-6-14)15(19)13-7-9-16(17,18)10-8-13/h3-6,13H,2,7-11H2,1H3. The van der Waals surface area contributed by atoms with Crippen molar-refractivity contribution in [3.8, 4) is 5.75 Å². The molecule has 0 radical (unpaired) electrons. The summed E-state index contributed by atoms with van der Waals surface area (Å²) in [5.74, 6) is -2.15. The van der Waals surface area contributed by atoms with Crippen molar-refractivity contribution in [2.24, 2.45) is 5.92 Å². The molecule has 0 N–H and O–H groups in total. The molecular formula is C16H20F2O2. The molecule has 110 valence electrons. The number of rotatable bonds is 5. The smallest absolute Gasteiger partial charge is 0.248 e. The fourth-order valence-electron chi connectivity index (χ4n) is 2.47. The van der Waals surface area contributed by atoms with Crippen molar-refractivity contribution < 1.29 is 18.3 Å². The van der Waals surface area contributed by atoms with Crippen LogP contribution in [0.3, 0.4) is 0 Å². The molecule has 0 spiro atoms. The third-order valence-electron chi connectivity index (χ3n) is 3.70. The highest BCUT2D eigenvalue weighted by molar-refractivity contribution is 5.98. The van der Waals surface area contributed by atoms with Gasteiger partial charge in [0.05, 0.1) is 6.61 Å². The summed E-state index contributed by atoms with van der Waals surface area (Å²) >= 11 is 0. The van der Waals surface area contributed by atoms with Gasteiger partial charge in [-0.3, -0.25) is 4.79 Å². The molecule has 0 heterocycles. The van der Waals surface area contributed by atoms with E-state index < -0.39 is 5.92 Å². The van der Waals surface area contributed by atoms with Crippen molar-refractivity contribution in [3.05, 3.63) is 29.8 Å². The molecule has 2 rings (SSSR count). The van der Waals surface area contributed by atoms with E-state index in [2.05, 4.69) is 0 Å². The van der Waals surface area contributed by atoms with Gasteiger partial charge in [0.15, 0.2) is 5.78 Å². The van der Waals surface area contributed by atoms with E-state index in [0.29, 0.717) is 12.2 Å². The second-order valence-electron chi connectivity index (χ2n) is 5.37. The zero-order chi connectivity index (χ0) is 14.6. The SMILES string of the molecule is CCCOc1ccc(C(=O)C2CCC(F)(F)CC2)cc1. The number of ether oxygens (including phenoxy) is 1. The van der Waals surface area contributed by atoms with Crippen molar-refractivity contribution in [1.82, 2.24) is 0 Å². The molecule has 4 heteroatoms. The highest BCUT2D eigenvalue weighted by atomic mass is 19.3. The van der Waals surface area contributed by atoms with Gasteiger partial charge >= 0.3 is 0 Å². The maximum absolute atomic E-state index is 13.1. The fourth-order valence-corrected chi connectivity index (χ4v) is 2.47. The van der Waals surface area contributed by atoms with Crippen molar-refractivity contribution >= 4 is 5.78 Å². The van der Waals surface area contributed by atoms with E-state index >= 15 is 0 Å². The summed E-state index contributed by atoms with van der Waals surface area (Å²) in [5.41, 5.74) is 0.587. The molecule has 0 aromatic heterocycles. The third kappa shape index (κ3) is 3.78. The molecule has 1 aliphatic rings. The van der Waals surface area contributed by atoms with Crippen LogP contribution in [0.5, 0.6) is 5.75 Å². The lowest BCUT2D eigenvalue weighted by Gasteiger charge is -2.27. The number of Topliss-reactive ketones (excluding diaryl/α,β-unsaturated/α-hetero) is 1. The van der Waals surface area contributed by atoms with Gasteiger partial charge in [0.1, 0.15) is 5.75 Å². The number of ketones is 1. The number of benzene rings is 1. The molecule has 0 amide bonds. The average molecular weight is 282 g/mol. The molecule has 0 bridgehead atoms. The zero-order valence-corrected chi connectivity index (χ0v) is 11.7. The highest BCUT2D eigenvalue weighted by Gasteiger charge is 2.37. The first-order chi connectivity index (χ1) is 9.52. The zero-order valence-electron chi connectivity index (χ0n) is 11.7. The van der Waals surface area contributed by atoms with Crippen LogP contribution in [0, 0.1) is 5.92 Å². The van der Waals surface area contributed by atoms with Crippen molar-refractivity contribution in [2.75, 3.05) is 6.61 Å². The number of alkyl halides is 2. The lowest BCUT2D eigenvalue weighted by atomic mass is 9.82. The minimum Gasteiger partial charge on any atom is -0.494 e. The van der Waals surface area contributed by atoms with Crippen molar-refractivity contribution in [2.45, 2.75) is 45.0 Å². The Kier molecular flexibility index (Phi) is 4.73. The minimum atomic E-state index is -2.59. The van der Waals surface area contributed by atoms with E-state index in [9.17, 15) is 13.6 Å². The molecule has 0 atom stereocenters. The Labute approximate surface area is 118 Å². The maximum Gasteiger partial charge on any atom is 0.248 e. The van der Waals surface area contributed by atoms with E-state index in [1.54, 1.807) is 24.3 Å². The predicted molar refractivity (Wildman–Crippen MR) is 73.5 cm³/mol. The first-order valence-corrected chi connectivity index (χ1v) is 7.17. The Morgan fingerprint density at radius 3 is 2.40 bits per heavy atom. The van der Waals surface area contributed by atoms with E-state index in [0.717, 1.165) is 12.2 Å². The normalized spacial score (nSPS) is 18.8. The van der Waals surface area contributed by atoms with Crippen molar-refractivity contribution in [3.63, 3.8) is 0 Å². The largest absolute Gasteiger partial charge is 0.494 e. The predicted octanol–water partition coefficient (Wildman–Crippen LogP) is 4.48. The van der Waals surface area contributed by atoms with E-state index in [1.807, 2.05) is 6.92 Å². The monoisotopic (exact) mass is 282 g/mol. The second-order valence-corrected chi connectivity index (χ2v) is 5.37. The Hall–Kier alpha value is -1.45. The van der Waals surface area contributed by atoms with Gasteiger partial charge in [0.2, 0.25) is 5.92 Å². The van der Waals surface area contributed by atoms with Gasteiger partial charge < -0.3 is 4.74 Å². The van der Waals surface area contributed by atoms with Gasteiger partial charge in [-0.1, -0.05) is 6.92 Å². The van der Waals surface area contributed by atoms with Crippen LogP contribution in [0.1, 0.15) is 49.4 Å². The van der Waals surface area contributed by atoms with Crippen LogP contribution in [0.4, 0.5) is 8.78 Å². The Balaban J connectivity index is 1.96. The van der Waals surface area contributed by atoms with Crippen LogP contribution in [-0.2, 0) is 0 Å². The Morgan fingerprint density at radius 1 is 1.25 bits per heavy atom. The number of hydrogen-bond donors (Lipinski definition) is 0. The van der Waals surface area contributed by atoms with Crippen LogP contribution >= 0.6 is 0 Å². The molecule has 1 aromatic rings. The van der Waals surface area contributed by atoms with Crippen molar-refractivity contribution in [1.29, 1.82) is 0 Å². The number of hydrogen-bond acceptors (Lipinski definition) is 2. The van der Waals surface area contributed by atoms with E-state index in [4.69, 9.17) is 4.74 Å². The fraction of sp³-hybridized carbons (Fsp3) is 0.562. The molecule has 1 fully saturated rings. The highest BCUT2D eigenvalue weighted by Crippen LogP contribution is 2.37. The van der Waals surface area contributed by atoms with Gasteiger partial charge in [-0.2, -0.15) is 0 Å². The van der Waals surface area contributed by atoms with Crippen LogP contribution in [0.15, 0.2) is 24.3 Å². The lowest BCUT2D eigenvalue weighted by Crippen LogP contribution is -2.28. The van der Waals surface area contributed by atoms with Gasteiger partial charge in [-0.25, -0.2) is 8.78 Å². The topological polar surface area (TPSA) is 26.3 Å². The van der Waals surface area contributed by atoms with Gasteiger partial charge in [-0.15, -0.1) is 0 Å². The van der Waals surface area contributed by atoms with Gasteiger partial charge in [0.25, 0.3) is 0 Å². The summed E-state index contributed by atoms with van der Waals surface area (Å²) in [5, 5.41) is 0. The minimum absolute atomic E-state index is 0.0254. The molecular weight excluding hydrogens is 262 g/mol. The summed E-state index contributed by atoms with van der Waals surface area (Å²) in [6.45, 7) is 2.67. The van der Waals surface area contributed by atoms with Crippen LogP contribution in [-0.4, -0.2) is 18.3 Å². The van der Waals surface area contributed by atoms with Crippen LogP contribution in [0.2, 0.25) is 0 Å². The first-order valence-electron chi connectivity index (χ1n) is 7.17. The summed E-state index contributed by atoms with van der Waals surface area (Å²) in [4.78, 5) is 12.3. The number of carbonyl (C=O) groups excluding carboxylic acids is 1. The molecule has 0 aliphatic heterocycles. The molecule has 1 aliphatic carbocycles. The summed E-state index contributed by atoms with van der Waals surface area (Å²) < 4.78 is 31.6. The number of halogens is 2. The lowest BCUT2D eigenvalue weighted by molar-refractivity contribution is -0.0424. The quantitative estimate of drug-likeness (QED) is 0.744. The van der Waals surface area contributed by atoms with Crippen LogP contribution in [0.25, 0.3) is 0 Å². The summed E-state index contributed by atoms with van der Waals surface area (Å²) in [7, 11) is 0. The molecule has 2 nitrogen and oxygen atoms in total. The molecule has 1 saturated carbocycles. The van der Waals surface area contributed by atoms with E-state index in [1.165, 1.54) is 0 Å². The van der Waals surface area contributed by atoms with Gasteiger partial charge in [-0.05, 0) is 43.5 Å². The van der Waals surface area contributed by atoms with Crippen LogP contribution < -0.4 is 4.74 Å². The molecule has 0 saturated heterocycles. The van der Waals surface area contributed by atoms with E-state index in [-0.39, 0.29) is 37.4 Å². The first kappa shape index (κ1) is 14.9. The Bertz CT molecular complexity index is 444. The summed E-state index contributed by atoms with van der Waals surface area (Å²) in [6, 6.07) is 6.97.